The van der Waals surface area contributed by atoms with E-state index in [4.69, 9.17) is 9.47 Å². The number of sulfonamides is 1. The lowest BCUT2D eigenvalue weighted by atomic mass is 9.86. The van der Waals surface area contributed by atoms with Gasteiger partial charge in [-0.25, -0.2) is 13.4 Å². The highest BCUT2D eigenvalue weighted by atomic mass is 32.2. The number of methoxy groups -OCH3 is 1. The van der Waals surface area contributed by atoms with Gasteiger partial charge in [0.05, 0.1) is 31.3 Å². The van der Waals surface area contributed by atoms with Crippen LogP contribution in [0.3, 0.4) is 0 Å². The Hall–Kier alpha value is -3.74. The zero-order valence-electron chi connectivity index (χ0n) is 24.4. The van der Waals surface area contributed by atoms with Crippen LogP contribution in [0.4, 0.5) is 11.4 Å². The first kappa shape index (κ1) is 30.2. The van der Waals surface area contributed by atoms with Crippen LogP contribution in [-0.2, 0) is 22.0 Å². The molecule has 0 bridgehead atoms. The molecule has 1 saturated heterocycles. The SMILES string of the molecule is COc1c(NC(=O)c2cc(C)cc(Oc3ccnc(CN4CCNCC4)n3)c2)cc(C(C)(C)C)cc1NS(C)(=O)=O. The molecule has 1 amide bonds. The summed E-state index contributed by atoms with van der Waals surface area (Å²) in [4.78, 5) is 24.7. The van der Waals surface area contributed by atoms with E-state index in [1.165, 1.54) is 7.11 Å². The lowest BCUT2D eigenvalue weighted by Crippen LogP contribution is -2.43. The molecule has 1 aliphatic rings. The smallest absolute Gasteiger partial charge is 0.255 e. The second-order valence-corrected chi connectivity index (χ2v) is 12.9. The molecule has 3 N–H and O–H groups in total. The Labute approximate surface area is 241 Å². The molecule has 12 heteroatoms. The van der Waals surface area contributed by atoms with Crippen molar-refractivity contribution in [2.45, 2.75) is 39.7 Å². The van der Waals surface area contributed by atoms with Crippen LogP contribution < -0.4 is 24.8 Å². The Bertz CT molecular complexity index is 1510. The van der Waals surface area contributed by atoms with E-state index in [-0.39, 0.29) is 16.9 Å². The van der Waals surface area contributed by atoms with Crippen molar-refractivity contribution < 1.29 is 22.7 Å². The van der Waals surface area contributed by atoms with Crippen molar-refractivity contribution in [3.63, 3.8) is 0 Å². The van der Waals surface area contributed by atoms with Crippen LogP contribution in [0.15, 0.2) is 42.6 Å². The molecule has 1 aliphatic heterocycles. The Kier molecular flexibility index (Phi) is 9.15. The van der Waals surface area contributed by atoms with Crippen molar-refractivity contribution in [1.82, 2.24) is 20.2 Å². The molecule has 41 heavy (non-hydrogen) atoms. The number of ether oxygens (including phenoxy) is 2. The summed E-state index contributed by atoms with van der Waals surface area (Å²) >= 11 is 0. The molecule has 220 valence electrons. The Morgan fingerprint density at radius 2 is 1.80 bits per heavy atom. The number of hydrogen-bond donors (Lipinski definition) is 3. The molecule has 0 atom stereocenters. The summed E-state index contributed by atoms with van der Waals surface area (Å²) in [6.07, 6.45) is 2.73. The van der Waals surface area contributed by atoms with Gasteiger partial charge in [0.1, 0.15) is 11.6 Å². The number of aryl methyl sites for hydroxylation is 1. The van der Waals surface area contributed by atoms with Crippen LogP contribution in [0.2, 0.25) is 0 Å². The molecular weight excluding hydrogens is 544 g/mol. The van der Waals surface area contributed by atoms with Gasteiger partial charge in [-0.3, -0.25) is 14.4 Å². The van der Waals surface area contributed by atoms with Gasteiger partial charge in [-0.05, 0) is 53.8 Å². The van der Waals surface area contributed by atoms with Gasteiger partial charge in [-0.2, -0.15) is 4.98 Å². The van der Waals surface area contributed by atoms with E-state index < -0.39 is 15.9 Å². The Morgan fingerprint density at radius 1 is 1.10 bits per heavy atom. The molecule has 1 fully saturated rings. The molecule has 3 aromatic rings. The van der Waals surface area contributed by atoms with Crippen molar-refractivity contribution in [3.05, 3.63) is 65.1 Å². The minimum atomic E-state index is -3.60. The number of rotatable bonds is 9. The van der Waals surface area contributed by atoms with Gasteiger partial charge in [0.2, 0.25) is 15.9 Å². The fourth-order valence-electron chi connectivity index (χ4n) is 4.49. The van der Waals surface area contributed by atoms with Gasteiger partial charge in [0.25, 0.3) is 5.91 Å². The average Bonchev–Trinajstić information content (AvgIpc) is 2.87. The summed E-state index contributed by atoms with van der Waals surface area (Å²) in [5.74, 6) is 1.31. The van der Waals surface area contributed by atoms with E-state index in [9.17, 15) is 13.2 Å². The summed E-state index contributed by atoms with van der Waals surface area (Å²) in [5.41, 5.74) is 2.24. The highest BCUT2D eigenvalue weighted by Gasteiger charge is 2.23. The summed E-state index contributed by atoms with van der Waals surface area (Å²) in [6.45, 7) is 12.2. The van der Waals surface area contributed by atoms with Gasteiger partial charge in [-0.15, -0.1) is 0 Å². The zero-order chi connectivity index (χ0) is 29.8. The molecular formula is C29H38N6O5S. The van der Waals surface area contributed by atoms with Crippen molar-refractivity contribution >= 4 is 27.3 Å². The topological polar surface area (TPSA) is 135 Å². The standard InChI is InChI=1S/C29H38N6O5S/c1-19-13-20(15-22(14-19)40-26-7-8-31-25(33-26)18-35-11-9-30-10-12-35)28(36)32-23-16-21(29(2,3)4)17-24(27(23)39-5)34-41(6,37)38/h7-8,13-17,30,34H,9-12,18H2,1-6H3,(H,32,36). The van der Waals surface area contributed by atoms with Crippen LogP contribution in [-0.4, -0.2) is 68.7 Å². The monoisotopic (exact) mass is 582 g/mol. The largest absolute Gasteiger partial charge is 0.492 e. The fraction of sp³-hybridized carbons (Fsp3) is 0.414. The molecule has 0 aliphatic carbocycles. The quantitative estimate of drug-likeness (QED) is 0.343. The van der Waals surface area contributed by atoms with Crippen molar-refractivity contribution in [1.29, 1.82) is 0 Å². The average molecular weight is 583 g/mol. The molecule has 1 aromatic heterocycles. The molecule has 0 saturated carbocycles. The maximum absolute atomic E-state index is 13.5. The number of nitrogens with zero attached hydrogens (tertiary/aromatic N) is 3. The fourth-order valence-corrected chi connectivity index (χ4v) is 5.04. The van der Waals surface area contributed by atoms with Crippen molar-refractivity contribution in [3.8, 4) is 17.4 Å². The third-order valence-corrected chi connectivity index (χ3v) is 7.08. The molecule has 0 radical (unpaired) electrons. The number of piperazine rings is 1. The maximum Gasteiger partial charge on any atom is 0.255 e. The third-order valence-electron chi connectivity index (χ3n) is 6.49. The first-order valence-corrected chi connectivity index (χ1v) is 15.3. The Balaban J connectivity index is 1.59. The normalized spacial score (nSPS) is 14.4. The van der Waals surface area contributed by atoms with Gasteiger partial charge in [0.15, 0.2) is 5.75 Å². The molecule has 0 spiro atoms. The van der Waals surface area contributed by atoms with E-state index in [0.717, 1.165) is 43.6 Å². The van der Waals surface area contributed by atoms with E-state index in [2.05, 4.69) is 30.2 Å². The van der Waals surface area contributed by atoms with Crippen LogP contribution in [0.5, 0.6) is 17.4 Å². The number of nitrogens with one attached hydrogen (secondary N) is 3. The minimum absolute atomic E-state index is 0.207. The van der Waals surface area contributed by atoms with Crippen molar-refractivity contribution in [2.75, 3.05) is 49.6 Å². The summed E-state index contributed by atoms with van der Waals surface area (Å²) in [6, 6.07) is 10.4. The second kappa shape index (κ2) is 12.4. The third kappa shape index (κ3) is 8.38. The van der Waals surface area contributed by atoms with Crippen LogP contribution >= 0.6 is 0 Å². The maximum atomic E-state index is 13.5. The van der Waals surface area contributed by atoms with E-state index >= 15 is 0 Å². The number of carbonyl (C=O) groups is 1. The van der Waals surface area contributed by atoms with E-state index in [0.29, 0.717) is 35.2 Å². The molecule has 4 rings (SSSR count). The summed E-state index contributed by atoms with van der Waals surface area (Å²) in [7, 11) is -2.17. The highest BCUT2D eigenvalue weighted by molar-refractivity contribution is 7.92. The molecule has 2 heterocycles. The molecule has 0 unspecified atom stereocenters. The van der Waals surface area contributed by atoms with Gasteiger partial charge in [0, 0.05) is 44.0 Å². The van der Waals surface area contributed by atoms with Gasteiger partial charge in [-0.1, -0.05) is 20.8 Å². The number of amides is 1. The molecule has 11 nitrogen and oxygen atoms in total. The van der Waals surface area contributed by atoms with Gasteiger partial charge >= 0.3 is 0 Å². The summed E-state index contributed by atoms with van der Waals surface area (Å²) < 4.78 is 38.2. The van der Waals surface area contributed by atoms with Crippen molar-refractivity contribution in [2.24, 2.45) is 0 Å². The zero-order valence-corrected chi connectivity index (χ0v) is 25.2. The predicted molar refractivity (Wildman–Crippen MR) is 160 cm³/mol. The Morgan fingerprint density at radius 3 is 2.46 bits per heavy atom. The second-order valence-electron chi connectivity index (χ2n) is 11.2. The number of hydrogen-bond acceptors (Lipinski definition) is 9. The van der Waals surface area contributed by atoms with Crippen LogP contribution in [0.1, 0.15) is 48.1 Å². The summed E-state index contributed by atoms with van der Waals surface area (Å²) in [5, 5.41) is 6.23. The van der Waals surface area contributed by atoms with Crippen LogP contribution in [0.25, 0.3) is 0 Å². The van der Waals surface area contributed by atoms with Gasteiger partial charge < -0.3 is 20.1 Å². The van der Waals surface area contributed by atoms with E-state index in [1.807, 2.05) is 33.8 Å². The lowest BCUT2D eigenvalue weighted by Gasteiger charge is -2.26. The first-order chi connectivity index (χ1) is 19.3. The number of anilines is 2. The number of benzene rings is 2. The van der Waals surface area contributed by atoms with Crippen LogP contribution in [0, 0.1) is 6.92 Å². The highest BCUT2D eigenvalue weighted by Crippen LogP contribution is 2.39. The lowest BCUT2D eigenvalue weighted by molar-refractivity contribution is 0.102. The number of aromatic nitrogens is 2. The molecule has 2 aromatic carbocycles. The number of carbonyl (C=O) groups excluding carboxylic acids is 1. The van der Waals surface area contributed by atoms with E-state index in [1.54, 1.807) is 36.5 Å². The first-order valence-electron chi connectivity index (χ1n) is 13.4. The minimum Gasteiger partial charge on any atom is -0.492 e. The predicted octanol–water partition coefficient (Wildman–Crippen LogP) is 3.91.